The van der Waals surface area contributed by atoms with E-state index in [0.717, 1.165) is 49.1 Å². The molecule has 294 valence electrons. The summed E-state index contributed by atoms with van der Waals surface area (Å²) in [7, 11) is 0. The van der Waals surface area contributed by atoms with Gasteiger partial charge in [-0.05, 0) is 74.2 Å². The highest BCUT2D eigenvalue weighted by Crippen LogP contribution is 2.25. The number of hydrogen-bond donors (Lipinski definition) is 6. The van der Waals surface area contributed by atoms with Crippen molar-refractivity contribution in [3.05, 3.63) is 75.6 Å². The number of carboxylic acids is 2. The van der Waals surface area contributed by atoms with Crippen molar-refractivity contribution in [2.24, 2.45) is 0 Å². The summed E-state index contributed by atoms with van der Waals surface area (Å²) >= 11 is 0. The molecule has 6 N–H and O–H groups in total. The maximum absolute atomic E-state index is 13.4. The SMILES string of the molecule is O=C(CCNCCc1cc(F)cc(F)c1)N(CCNCCc1ccc(O)c2[nH]c(=O)ccc12)C1CCCCC1.O=C(O)C(F)(F)F.O=C(O)C(F)(F)F. The van der Waals surface area contributed by atoms with E-state index in [0.29, 0.717) is 56.6 Å². The third kappa shape index (κ3) is 16.2. The molecule has 1 aliphatic carbocycles. The van der Waals surface area contributed by atoms with E-state index in [1.807, 2.05) is 11.0 Å². The molecule has 0 aliphatic heterocycles. The van der Waals surface area contributed by atoms with E-state index in [1.165, 1.54) is 24.6 Å². The number of aromatic amines is 1. The minimum atomic E-state index is -5.08. The van der Waals surface area contributed by atoms with Crippen LogP contribution in [0.2, 0.25) is 0 Å². The number of aromatic nitrogens is 1. The van der Waals surface area contributed by atoms with Gasteiger partial charge in [-0.2, -0.15) is 26.3 Å². The van der Waals surface area contributed by atoms with Gasteiger partial charge in [-0.25, -0.2) is 18.4 Å². The molecule has 1 fully saturated rings. The van der Waals surface area contributed by atoms with Crippen LogP contribution in [0.15, 0.2) is 47.3 Å². The number of alkyl halides is 6. The molecule has 1 aromatic heterocycles. The number of nitrogens with zero attached hydrogens (tertiary/aromatic N) is 1. The Labute approximate surface area is 298 Å². The van der Waals surface area contributed by atoms with E-state index in [1.54, 1.807) is 12.1 Å². The number of hydrogen-bond acceptors (Lipinski definition) is 7. The predicted molar refractivity (Wildman–Crippen MR) is 176 cm³/mol. The number of H-pyrrole nitrogens is 1. The fourth-order valence-corrected chi connectivity index (χ4v) is 5.42. The molecule has 4 rings (SSSR count). The van der Waals surface area contributed by atoms with Gasteiger partial charge >= 0.3 is 24.3 Å². The summed E-state index contributed by atoms with van der Waals surface area (Å²) in [5, 5.41) is 31.8. The molecule has 1 aliphatic rings. The van der Waals surface area contributed by atoms with Gasteiger partial charge in [0.05, 0.1) is 5.52 Å². The lowest BCUT2D eigenvalue weighted by Crippen LogP contribution is -2.45. The van der Waals surface area contributed by atoms with Gasteiger partial charge in [0.15, 0.2) is 0 Å². The number of aliphatic carboxylic acids is 2. The quantitative estimate of drug-likeness (QED) is 0.0999. The molecule has 0 bridgehead atoms. The molecular formula is C34H40F8N4O7. The van der Waals surface area contributed by atoms with Crippen LogP contribution in [0.25, 0.3) is 10.9 Å². The van der Waals surface area contributed by atoms with E-state index in [9.17, 15) is 49.8 Å². The molecule has 0 spiro atoms. The Bertz CT molecular complexity index is 1670. The zero-order chi connectivity index (χ0) is 39.8. The smallest absolute Gasteiger partial charge is 0.490 e. The Hall–Kier alpha value is -4.78. The van der Waals surface area contributed by atoms with Gasteiger partial charge in [-0.15, -0.1) is 0 Å². The van der Waals surface area contributed by atoms with Crippen LogP contribution in [0.3, 0.4) is 0 Å². The molecule has 3 aromatic rings. The average molecular weight is 769 g/mol. The number of halogens is 8. The van der Waals surface area contributed by atoms with Gasteiger partial charge in [0.1, 0.15) is 17.4 Å². The molecule has 1 saturated carbocycles. The first-order valence-corrected chi connectivity index (χ1v) is 16.4. The average Bonchev–Trinajstić information content (AvgIpc) is 3.07. The van der Waals surface area contributed by atoms with Gasteiger partial charge in [0.2, 0.25) is 11.5 Å². The Morgan fingerprint density at radius 3 is 1.89 bits per heavy atom. The topological polar surface area (TPSA) is 172 Å². The second-order valence-electron chi connectivity index (χ2n) is 11.9. The van der Waals surface area contributed by atoms with E-state index >= 15 is 0 Å². The van der Waals surface area contributed by atoms with Crippen molar-refractivity contribution in [1.82, 2.24) is 20.5 Å². The predicted octanol–water partition coefficient (Wildman–Crippen LogP) is 5.29. The van der Waals surface area contributed by atoms with Crippen LogP contribution < -0.4 is 16.2 Å². The highest BCUT2D eigenvalue weighted by atomic mass is 19.4. The van der Waals surface area contributed by atoms with Crippen LogP contribution in [0.5, 0.6) is 5.75 Å². The molecule has 19 heteroatoms. The van der Waals surface area contributed by atoms with Crippen molar-refractivity contribution in [2.45, 2.75) is 69.8 Å². The van der Waals surface area contributed by atoms with Crippen LogP contribution in [-0.2, 0) is 27.2 Å². The molecule has 11 nitrogen and oxygen atoms in total. The van der Waals surface area contributed by atoms with Gasteiger partial charge in [-0.1, -0.05) is 25.3 Å². The number of pyridine rings is 1. The minimum Gasteiger partial charge on any atom is -0.506 e. The number of fused-ring (bicyclic) bond motifs is 1. The maximum atomic E-state index is 13.4. The number of phenolic OH excluding ortho intramolecular Hbond substituents is 1. The van der Waals surface area contributed by atoms with Crippen LogP contribution >= 0.6 is 0 Å². The molecule has 1 heterocycles. The summed E-state index contributed by atoms with van der Waals surface area (Å²) in [5.74, 6) is -6.49. The lowest BCUT2D eigenvalue weighted by Gasteiger charge is -2.34. The van der Waals surface area contributed by atoms with Crippen molar-refractivity contribution in [1.29, 1.82) is 0 Å². The first-order valence-electron chi connectivity index (χ1n) is 16.4. The molecular weight excluding hydrogens is 728 g/mol. The lowest BCUT2D eigenvalue weighted by molar-refractivity contribution is -0.193. The van der Waals surface area contributed by atoms with Gasteiger partial charge in [0.25, 0.3) is 0 Å². The molecule has 0 radical (unpaired) electrons. The highest BCUT2D eigenvalue weighted by molar-refractivity contribution is 5.87. The number of phenols is 1. The Morgan fingerprint density at radius 2 is 1.32 bits per heavy atom. The van der Waals surface area contributed by atoms with E-state index in [-0.39, 0.29) is 23.3 Å². The Morgan fingerprint density at radius 1 is 0.774 bits per heavy atom. The maximum Gasteiger partial charge on any atom is 0.490 e. The van der Waals surface area contributed by atoms with Crippen molar-refractivity contribution in [3.63, 3.8) is 0 Å². The first kappa shape index (κ1) is 44.4. The summed E-state index contributed by atoms with van der Waals surface area (Å²) < 4.78 is 90.2. The summed E-state index contributed by atoms with van der Waals surface area (Å²) in [5.41, 5.74) is 1.82. The van der Waals surface area contributed by atoms with Crippen molar-refractivity contribution in [3.8, 4) is 5.75 Å². The summed E-state index contributed by atoms with van der Waals surface area (Å²) in [6, 6.07) is 10.5. The normalized spacial score (nSPS) is 13.4. The molecule has 2 aromatic carbocycles. The molecule has 53 heavy (non-hydrogen) atoms. The fourth-order valence-electron chi connectivity index (χ4n) is 5.42. The third-order valence-corrected chi connectivity index (χ3v) is 7.91. The van der Waals surface area contributed by atoms with Crippen LogP contribution in [0.4, 0.5) is 35.1 Å². The van der Waals surface area contributed by atoms with E-state index in [2.05, 4.69) is 15.6 Å². The fraction of sp³-hybridized carbons (Fsp3) is 0.471. The monoisotopic (exact) mass is 768 g/mol. The van der Waals surface area contributed by atoms with Crippen LogP contribution in [-0.4, -0.2) is 94.2 Å². The van der Waals surface area contributed by atoms with E-state index in [4.69, 9.17) is 19.8 Å². The van der Waals surface area contributed by atoms with Crippen molar-refractivity contribution >= 4 is 28.7 Å². The first-order chi connectivity index (χ1) is 24.8. The number of carboxylic acid groups (broad SMARTS) is 2. The number of carbonyl (C=O) groups is 3. The molecule has 0 atom stereocenters. The summed E-state index contributed by atoms with van der Waals surface area (Å²) in [4.78, 5) is 47.3. The Kier molecular flexibility index (Phi) is 17.6. The Balaban J connectivity index is 0.000000587. The summed E-state index contributed by atoms with van der Waals surface area (Å²) in [6.07, 6.45) is -3.02. The zero-order valence-electron chi connectivity index (χ0n) is 28.3. The van der Waals surface area contributed by atoms with E-state index < -0.39 is 35.9 Å². The van der Waals surface area contributed by atoms with Crippen LogP contribution in [0, 0.1) is 11.6 Å². The van der Waals surface area contributed by atoms with Gasteiger partial charge in [0, 0.05) is 49.6 Å². The van der Waals surface area contributed by atoms with Gasteiger partial charge in [-0.3, -0.25) is 9.59 Å². The van der Waals surface area contributed by atoms with Crippen molar-refractivity contribution < 1.29 is 64.8 Å². The zero-order valence-corrected chi connectivity index (χ0v) is 28.3. The number of nitrogens with one attached hydrogen (secondary N) is 3. The number of carbonyl (C=O) groups excluding carboxylic acids is 1. The standard InChI is InChI=1S/C30H38F2N4O3.2C2HF3O2/c31-23-18-21(19-24(32)20-23)10-13-33-15-12-29(39)36(25-4-2-1-3-5-25)17-16-34-14-11-22-6-8-27(37)30-26(22)7-9-28(38)35-30;2*3-2(4,5)1(6)7/h6-9,18-20,25,33-34,37H,1-5,10-17H2,(H,35,38);2*(H,6,7). The minimum absolute atomic E-state index is 0.0541. The molecule has 0 unspecified atom stereocenters. The molecule has 1 amide bonds. The second-order valence-corrected chi connectivity index (χ2v) is 11.9. The molecule has 0 saturated heterocycles. The summed E-state index contributed by atoms with van der Waals surface area (Å²) in [6.45, 7) is 3.07. The van der Waals surface area contributed by atoms with Gasteiger partial charge < -0.3 is 35.8 Å². The number of aromatic hydroxyl groups is 1. The lowest BCUT2D eigenvalue weighted by atomic mass is 9.94. The van der Waals surface area contributed by atoms with Crippen LogP contribution in [0.1, 0.15) is 49.7 Å². The largest absolute Gasteiger partial charge is 0.506 e. The number of amides is 1. The van der Waals surface area contributed by atoms with Crippen molar-refractivity contribution in [2.75, 3.05) is 32.7 Å². The number of benzene rings is 2. The second kappa shape index (κ2) is 21.1. The highest BCUT2D eigenvalue weighted by Gasteiger charge is 2.39. The third-order valence-electron chi connectivity index (χ3n) is 7.91. The number of rotatable bonds is 13.